The molecule has 2 aromatic heterocycles. The van der Waals surface area contributed by atoms with Gasteiger partial charge in [0.25, 0.3) is 5.56 Å². The second-order valence-corrected chi connectivity index (χ2v) is 8.22. The summed E-state index contributed by atoms with van der Waals surface area (Å²) in [5.41, 5.74) is 0.726. The number of unbranched alkanes of at least 4 members (excludes halogenated alkanes) is 1. The van der Waals surface area contributed by atoms with Crippen LogP contribution in [0.15, 0.2) is 53.3 Å². The van der Waals surface area contributed by atoms with Gasteiger partial charge >= 0.3 is 0 Å². The number of benzene rings is 2. The highest BCUT2D eigenvalue weighted by atomic mass is 32.1. The number of para-hydroxylation sites is 2. The predicted molar refractivity (Wildman–Crippen MR) is 118 cm³/mol. The van der Waals surface area contributed by atoms with Gasteiger partial charge in [0.2, 0.25) is 4.96 Å². The number of hydrogen-bond acceptors (Lipinski definition) is 7. The molecule has 0 spiro atoms. The highest BCUT2D eigenvalue weighted by Crippen LogP contribution is 2.35. The number of thiazole rings is 1. The molecule has 1 unspecified atom stereocenters. The predicted octanol–water partition coefficient (Wildman–Crippen LogP) is 3.39. The van der Waals surface area contributed by atoms with E-state index in [4.69, 9.17) is 14.2 Å². The van der Waals surface area contributed by atoms with Gasteiger partial charge in [-0.3, -0.25) is 4.79 Å². The van der Waals surface area contributed by atoms with Crippen LogP contribution in [-0.2, 0) is 0 Å². The smallest absolute Gasteiger partial charge is 0.291 e. The standard InChI is InChI=1S/C23H21N3O4S/c1-2-3-12-28-16-10-8-15(9-11-16)13-20-22(27)26-23(31-20)24-21(25-26)19-14-29-17-6-4-5-7-18(17)30-19/h4-11,13,19H,2-3,12,14H2,1H3/b20-13+. The number of nitrogens with zero attached hydrogens (tertiary/aromatic N) is 3. The van der Waals surface area contributed by atoms with E-state index in [1.165, 1.54) is 15.9 Å². The Morgan fingerprint density at radius 3 is 2.77 bits per heavy atom. The summed E-state index contributed by atoms with van der Waals surface area (Å²) in [6, 6.07) is 15.2. The lowest BCUT2D eigenvalue weighted by molar-refractivity contribution is 0.0852. The SMILES string of the molecule is CCCCOc1ccc(/C=c2/sc3nc(C4COc5ccccc5O4)nn3c2=O)cc1. The Balaban J connectivity index is 1.37. The number of fused-ring (bicyclic) bond motifs is 2. The average Bonchev–Trinajstić information content (AvgIpc) is 3.34. The van der Waals surface area contributed by atoms with Crippen LogP contribution in [0.3, 0.4) is 0 Å². The molecule has 1 atom stereocenters. The molecular formula is C23H21N3O4S. The van der Waals surface area contributed by atoms with Crippen LogP contribution in [0.1, 0.15) is 37.3 Å². The van der Waals surface area contributed by atoms with E-state index < -0.39 is 6.10 Å². The summed E-state index contributed by atoms with van der Waals surface area (Å²) in [5, 5.41) is 4.39. The number of hydrogen-bond donors (Lipinski definition) is 0. The molecule has 0 saturated carbocycles. The van der Waals surface area contributed by atoms with Gasteiger partial charge in [0.1, 0.15) is 12.4 Å². The van der Waals surface area contributed by atoms with Gasteiger partial charge in [0, 0.05) is 0 Å². The van der Waals surface area contributed by atoms with Crippen molar-refractivity contribution in [1.29, 1.82) is 0 Å². The van der Waals surface area contributed by atoms with Crippen LogP contribution in [0.5, 0.6) is 17.2 Å². The minimum atomic E-state index is -0.450. The number of rotatable bonds is 6. The topological polar surface area (TPSA) is 74.9 Å². The lowest BCUT2D eigenvalue weighted by atomic mass is 10.2. The Labute approximate surface area is 182 Å². The normalized spacial score (nSPS) is 16.0. The Kier molecular flexibility index (Phi) is 5.30. The van der Waals surface area contributed by atoms with Crippen LogP contribution in [0.4, 0.5) is 0 Å². The maximum absolute atomic E-state index is 12.8. The molecule has 4 aromatic rings. The highest BCUT2D eigenvalue weighted by molar-refractivity contribution is 7.15. The molecular weight excluding hydrogens is 414 g/mol. The molecule has 0 bridgehead atoms. The van der Waals surface area contributed by atoms with E-state index in [2.05, 4.69) is 17.0 Å². The average molecular weight is 436 g/mol. The minimum absolute atomic E-state index is 0.195. The van der Waals surface area contributed by atoms with Gasteiger partial charge in [-0.1, -0.05) is 48.9 Å². The van der Waals surface area contributed by atoms with Gasteiger partial charge in [-0.2, -0.15) is 9.50 Å². The Bertz CT molecular complexity index is 1310. The molecule has 0 amide bonds. The summed E-state index contributed by atoms with van der Waals surface area (Å²) < 4.78 is 19.3. The molecule has 0 saturated heterocycles. The zero-order valence-electron chi connectivity index (χ0n) is 17.0. The van der Waals surface area contributed by atoms with Crippen molar-refractivity contribution in [3.05, 3.63) is 74.8 Å². The molecule has 2 aromatic carbocycles. The first-order chi connectivity index (χ1) is 15.2. The molecule has 0 fully saturated rings. The van der Waals surface area contributed by atoms with E-state index in [1.54, 1.807) is 0 Å². The molecule has 0 radical (unpaired) electrons. The zero-order chi connectivity index (χ0) is 21.2. The summed E-state index contributed by atoms with van der Waals surface area (Å²) in [5.74, 6) is 2.62. The first kappa shape index (κ1) is 19.6. The molecule has 1 aliphatic rings. The fourth-order valence-corrected chi connectivity index (χ4v) is 4.19. The molecule has 8 heteroatoms. The molecule has 1 aliphatic heterocycles. The van der Waals surface area contributed by atoms with Gasteiger partial charge in [-0.15, -0.1) is 5.10 Å². The lowest BCUT2D eigenvalue weighted by Gasteiger charge is -2.24. The molecule has 7 nitrogen and oxygen atoms in total. The molecule has 31 heavy (non-hydrogen) atoms. The zero-order valence-corrected chi connectivity index (χ0v) is 17.8. The maximum Gasteiger partial charge on any atom is 0.291 e. The minimum Gasteiger partial charge on any atom is -0.494 e. The Morgan fingerprint density at radius 1 is 1.19 bits per heavy atom. The van der Waals surface area contributed by atoms with E-state index in [0.717, 1.165) is 24.2 Å². The quantitative estimate of drug-likeness (QED) is 0.432. The second kappa shape index (κ2) is 8.39. The highest BCUT2D eigenvalue weighted by Gasteiger charge is 2.27. The molecule has 5 rings (SSSR count). The van der Waals surface area contributed by atoms with Crippen molar-refractivity contribution in [1.82, 2.24) is 14.6 Å². The van der Waals surface area contributed by atoms with E-state index >= 15 is 0 Å². The van der Waals surface area contributed by atoms with Crippen LogP contribution in [-0.4, -0.2) is 27.8 Å². The largest absolute Gasteiger partial charge is 0.494 e. The van der Waals surface area contributed by atoms with Gasteiger partial charge in [0.05, 0.1) is 11.1 Å². The monoisotopic (exact) mass is 435 g/mol. The van der Waals surface area contributed by atoms with E-state index in [9.17, 15) is 4.79 Å². The van der Waals surface area contributed by atoms with Gasteiger partial charge < -0.3 is 14.2 Å². The van der Waals surface area contributed by atoms with Crippen molar-refractivity contribution in [2.75, 3.05) is 13.2 Å². The molecule has 3 heterocycles. The molecule has 158 valence electrons. The fraction of sp³-hybridized carbons (Fsp3) is 0.261. The van der Waals surface area contributed by atoms with Crippen LogP contribution < -0.4 is 24.3 Å². The van der Waals surface area contributed by atoms with Crippen molar-refractivity contribution in [3.63, 3.8) is 0 Å². The van der Waals surface area contributed by atoms with Crippen molar-refractivity contribution in [2.45, 2.75) is 25.9 Å². The molecule has 0 aliphatic carbocycles. The molecule has 0 N–H and O–H groups in total. The van der Waals surface area contributed by atoms with Crippen LogP contribution in [0.2, 0.25) is 0 Å². The van der Waals surface area contributed by atoms with Crippen molar-refractivity contribution in [3.8, 4) is 17.2 Å². The number of ether oxygens (including phenoxy) is 3. The Morgan fingerprint density at radius 2 is 2.00 bits per heavy atom. The van der Waals surface area contributed by atoms with E-state index in [-0.39, 0.29) is 5.56 Å². The van der Waals surface area contributed by atoms with Crippen LogP contribution in [0, 0.1) is 0 Å². The third kappa shape index (κ3) is 3.98. The maximum atomic E-state index is 12.8. The van der Waals surface area contributed by atoms with Gasteiger partial charge in [-0.05, 0) is 42.3 Å². The fourth-order valence-electron chi connectivity index (χ4n) is 3.28. The third-order valence-electron chi connectivity index (χ3n) is 4.94. The van der Waals surface area contributed by atoms with Crippen molar-refractivity contribution < 1.29 is 14.2 Å². The summed E-state index contributed by atoms with van der Waals surface area (Å²) in [4.78, 5) is 17.9. The van der Waals surface area contributed by atoms with Crippen LogP contribution >= 0.6 is 11.3 Å². The van der Waals surface area contributed by atoms with Gasteiger partial charge in [-0.25, -0.2) is 0 Å². The summed E-state index contributed by atoms with van der Waals surface area (Å²) in [6.07, 6.45) is 3.52. The number of aromatic nitrogens is 3. The third-order valence-corrected chi connectivity index (χ3v) is 5.90. The Hall–Kier alpha value is -3.39. The summed E-state index contributed by atoms with van der Waals surface area (Å²) >= 11 is 1.30. The lowest BCUT2D eigenvalue weighted by Crippen LogP contribution is -2.26. The van der Waals surface area contributed by atoms with E-state index in [1.807, 2.05) is 54.6 Å². The first-order valence-electron chi connectivity index (χ1n) is 10.2. The van der Waals surface area contributed by atoms with Crippen LogP contribution in [0.25, 0.3) is 11.0 Å². The van der Waals surface area contributed by atoms with E-state index in [0.29, 0.717) is 40.0 Å². The van der Waals surface area contributed by atoms with Gasteiger partial charge in [0.15, 0.2) is 23.4 Å². The summed E-state index contributed by atoms with van der Waals surface area (Å²) in [7, 11) is 0. The van der Waals surface area contributed by atoms with Crippen molar-refractivity contribution >= 4 is 22.4 Å². The second-order valence-electron chi connectivity index (χ2n) is 7.22. The van der Waals surface area contributed by atoms with Crippen molar-refractivity contribution in [2.24, 2.45) is 0 Å². The summed E-state index contributed by atoms with van der Waals surface area (Å²) in [6.45, 7) is 3.14. The first-order valence-corrected chi connectivity index (χ1v) is 11.1.